The van der Waals surface area contributed by atoms with Crippen LogP contribution < -0.4 is 5.32 Å². The first-order valence-corrected chi connectivity index (χ1v) is 9.76. The lowest BCUT2D eigenvalue weighted by molar-refractivity contribution is 0.588. The van der Waals surface area contributed by atoms with Gasteiger partial charge in [-0.05, 0) is 18.8 Å². The number of hydrogen-bond acceptors (Lipinski definition) is 4. The first kappa shape index (κ1) is 16.3. The lowest BCUT2D eigenvalue weighted by Gasteiger charge is -2.09. The summed E-state index contributed by atoms with van der Waals surface area (Å²) < 4.78 is 0. The highest BCUT2D eigenvalue weighted by molar-refractivity contribution is 7.99. The van der Waals surface area contributed by atoms with Gasteiger partial charge in [-0.1, -0.05) is 40.5 Å². The zero-order chi connectivity index (χ0) is 14.5. The van der Waals surface area contributed by atoms with Gasteiger partial charge in [0.25, 0.3) is 0 Å². The largest absolute Gasteiger partial charge is 0.310 e. The van der Waals surface area contributed by atoms with E-state index in [4.69, 9.17) is 4.98 Å². The second kappa shape index (κ2) is 7.81. The molecule has 1 aromatic heterocycles. The summed E-state index contributed by atoms with van der Waals surface area (Å²) in [6.07, 6.45) is 5.68. The molecule has 0 unspecified atom stereocenters. The number of nitrogens with zero attached hydrogens (tertiary/aromatic N) is 1. The Morgan fingerprint density at radius 3 is 2.55 bits per heavy atom. The molecule has 2 rings (SSSR count). The van der Waals surface area contributed by atoms with Crippen molar-refractivity contribution in [3.8, 4) is 0 Å². The van der Waals surface area contributed by atoms with Crippen LogP contribution in [0.15, 0.2) is 0 Å². The lowest BCUT2D eigenvalue weighted by Crippen LogP contribution is -2.22. The molecular weight excluding hydrogens is 284 g/mol. The van der Waals surface area contributed by atoms with Crippen molar-refractivity contribution < 1.29 is 0 Å². The molecule has 0 radical (unpaired) electrons. The van der Waals surface area contributed by atoms with Crippen LogP contribution >= 0.6 is 23.1 Å². The Morgan fingerprint density at radius 1 is 1.25 bits per heavy atom. The third kappa shape index (κ3) is 4.74. The summed E-state index contributed by atoms with van der Waals surface area (Å²) in [5.41, 5.74) is 1.31. The fourth-order valence-electron chi connectivity index (χ4n) is 2.59. The highest BCUT2D eigenvalue weighted by Crippen LogP contribution is 2.34. The molecule has 1 aliphatic carbocycles. The van der Waals surface area contributed by atoms with E-state index >= 15 is 0 Å². The molecule has 0 spiro atoms. The van der Waals surface area contributed by atoms with Crippen molar-refractivity contribution in [2.75, 3.05) is 0 Å². The van der Waals surface area contributed by atoms with Crippen LogP contribution in [0.2, 0.25) is 0 Å². The second-order valence-electron chi connectivity index (χ2n) is 6.32. The summed E-state index contributed by atoms with van der Waals surface area (Å²) in [5, 5.41) is 5.74. The van der Waals surface area contributed by atoms with Crippen LogP contribution in [0.1, 0.15) is 74.9 Å². The number of thioether (sulfide) groups is 1. The number of rotatable bonds is 7. The quantitative estimate of drug-likeness (QED) is 0.772. The summed E-state index contributed by atoms with van der Waals surface area (Å²) in [6, 6.07) is 0.536. The Kier molecular flexibility index (Phi) is 6.37. The summed E-state index contributed by atoms with van der Waals surface area (Å²) >= 11 is 4.04. The van der Waals surface area contributed by atoms with Crippen LogP contribution in [-0.4, -0.2) is 16.3 Å². The van der Waals surface area contributed by atoms with E-state index in [0.29, 0.717) is 12.0 Å². The van der Waals surface area contributed by atoms with Crippen LogP contribution in [-0.2, 0) is 12.3 Å². The third-order valence-corrected chi connectivity index (χ3v) is 6.37. The molecule has 1 fully saturated rings. The van der Waals surface area contributed by atoms with Gasteiger partial charge in [-0.15, -0.1) is 11.3 Å². The Morgan fingerprint density at radius 2 is 1.95 bits per heavy atom. The average Bonchev–Trinajstić information content (AvgIpc) is 3.03. The molecule has 0 bridgehead atoms. The predicted molar refractivity (Wildman–Crippen MR) is 91.7 cm³/mol. The van der Waals surface area contributed by atoms with Crippen molar-refractivity contribution in [1.82, 2.24) is 10.3 Å². The van der Waals surface area contributed by atoms with Crippen LogP contribution in [0, 0.1) is 0 Å². The molecule has 2 nitrogen and oxygen atoms in total. The maximum Gasteiger partial charge on any atom is 0.103 e. The second-order valence-corrected chi connectivity index (χ2v) is 8.78. The molecule has 1 N–H and O–H groups in total. The van der Waals surface area contributed by atoms with Crippen molar-refractivity contribution in [3.05, 3.63) is 15.6 Å². The van der Waals surface area contributed by atoms with E-state index in [0.717, 1.165) is 17.5 Å². The zero-order valence-electron chi connectivity index (χ0n) is 13.2. The van der Waals surface area contributed by atoms with Crippen molar-refractivity contribution in [2.24, 2.45) is 0 Å². The molecule has 1 aromatic rings. The van der Waals surface area contributed by atoms with Gasteiger partial charge in [-0.2, -0.15) is 11.8 Å². The number of aromatic nitrogens is 1. The Labute approximate surface area is 132 Å². The molecule has 0 amide bonds. The number of hydrogen-bond donors (Lipinski definition) is 1. The van der Waals surface area contributed by atoms with E-state index in [1.54, 1.807) is 0 Å². The summed E-state index contributed by atoms with van der Waals surface area (Å²) in [7, 11) is 0. The van der Waals surface area contributed by atoms with E-state index in [1.165, 1.54) is 41.3 Å². The van der Waals surface area contributed by atoms with Gasteiger partial charge in [-0.25, -0.2) is 4.98 Å². The van der Waals surface area contributed by atoms with Crippen molar-refractivity contribution >= 4 is 23.1 Å². The van der Waals surface area contributed by atoms with Gasteiger partial charge in [0, 0.05) is 28.5 Å². The lowest BCUT2D eigenvalue weighted by atomic mass is 10.1. The molecule has 0 aliphatic heterocycles. The van der Waals surface area contributed by atoms with Crippen LogP contribution in [0.5, 0.6) is 0 Å². The highest BCUT2D eigenvalue weighted by atomic mass is 32.2. The maximum atomic E-state index is 4.91. The molecule has 20 heavy (non-hydrogen) atoms. The minimum atomic E-state index is 0.528. The molecule has 4 heteroatoms. The third-order valence-electron chi connectivity index (χ3n) is 3.73. The molecule has 1 saturated carbocycles. The summed E-state index contributed by atoms with van der Waals surface area (Å²) in [5.74, 6) is 1.64. The standard InChI is InChI=1S/C16H28N2S2/c1-11(2)16-14(9-17-12(3)4)20-15(18-16)10-19-13-7-5-6-8-13/h11-13,17H,5-10H2,1-4H3. The van der Waals surface area contributed by atoms with E-state index in [-0.39, 0.29) is 0 Å². The molecule has 1 heterocycles. The van der Waals surface area contributed by atoms with Crippen LogP contribution in [0.4, 0.5) is 0 Å². The van der Waals surface area contributed by atoms with E-state index < -0.39 is 0 Å². The van der Waals surface area contributed by atoms with E-state index in [2.05, 4.69) is 44.8 Å². The minimum Gasteiger partial charge on any atom is -0.310 e. The SMILES string of the molecule is CC(C)NCc1sc(CSC2CCCC2)nc1C(C)C. The van der Waals surface area contributed by atoms with Crippen LogP contribution in [0.3, 0.4) is 0 Å². The number of thiazole rings is 1. The Hall–Kier alpha value is -0.0600. The monoisotopic (exact) mass is 312 g/mol. The van der Waals surface area contributed by atoms with Gasteiger partial charge in [0.05, 0.1) is 5.69 Å². The molecule has 1 aliphatic rings. The van der Waals surface area contributed by atoms with Gasteiger partial charge in [-0.3, -0.25) is 0 Å². The first-order chi connectivity index (χ1) is 9.56. The normalized spacial score (nSPS) is 16.7. The fourth-order valence-corrected chi connectivity index (χ4v) is 5.11. The first-order valence-electron chi connectivity index (χ1n) is 7.89. The molecular formula is C16H28N2S2. The van der Waals surface area contributed by atoms with Crippen molar-refractivity contribution in [2.45, 2.75) is 82.9 Å². The Balaban J connectivity index is 1.96. The molecule has 114 valence electrons. The van der Waals surface area contributed by atoms with E-state index in [1.807, 2.05) is 11.3 Å². The highest BCUT2D eigenvalue weighted by Gasteiger charge is 2.18. The molecule has 0 aromatic carbocycles. The van der Waals surface area contributed by atoms with Gasteiger partial charge in [0.2, 0.25) is 0 Å². The van der Waals surface area contributed by atoms with Crippen LogP contribution in [0.25, 0.3) is 0 Å². The zero-order valence-corrected chi connectivity index (χ0v) is 14.9. The fraction of sp³-hybridized carbons (Fsp3) is 0.812. The average molecular weight is 313 g/mol. The number of nitrogens with one attached hydrogen (secondary N) is 1. The van der Waals surface area contributed by atoms with Gasteiger partial charge in [0.1, 0.15) is 5.01 Å². The topological polar surface area (TPSA) is 24.9 Å². The van der Waals surface area contributed by atoms with Gasteiger partial charge >= 0.3 is 0 Å². The summed E-state index contributed by atoms with van der Waals surface area (Å²) in [6.45, 7) is 9.88. The van der Waals surface area contributed by atoms with Crippen molar-refractivity contribution in [3.63, 3.8) is 0 Å². The summed E-state index contributed by atoms with van der Waals surface area (Å²) in [4.78, 5) is 6.35. The van der Waals surface area contributed by atoms with Gasteiger partial charge < -0.3 is 5.32 Å². The molecule has 0 atom stereocenters. The Bertz CT molecular complexity index is 407. The van der Waals surface area contributed by atoms with E-state index in [9.17, 15) is 0 Å². The minimum absolute atomic E-state index is 0.528. The van der Waals surface area contributed by atoms with Gasteiger partial charge in [0.15, 0.2) is 0 Å². The predicted octanol–water partition coefficient (Wildman–Crippen LogP) is 4.94. The van der Waals surface area contributed by atoms with Crippen molar-refractivity contribution in [1.29, 1.82) is 0 Å². The molecule has 0 saturated heterocycles. The maximum absolute atomic E-state index is 4.91. The smallest absolute Gasteiger partial charge is 0.103 e.